The lowest BCUT2D eigenvalue weighted by atomic mass is 9.89. The van der Waals surface area contributed by atoms with Crippen molar-refractivity contribution < 1.29 is 4.74 Å². The fraction of sp³-hybridized carbons (Fsp3) is 0.562. The van der Waals surface area contributed by atoms with Crippen LogP contribution < -0.4 is 9.64 Å². The van der Waals surface area contributed by atoms with Crippen molar-refractivity contribution in [2.75, 3.05) is 11.4 Å². The van der Waals surface area contributed by atoms with E-state index in [-0.39, 0.29) is 17.6 Å². The van der Waals surface area contributed by atoms with Crippen molar-refractivity contribution in [1.82, 2.24) is 0 Å². The Kier molecular flexibility index (Phi) is 3.71. The number of hydrogen-bond acceptors (Lipinski definition) is 3. The van der Waals surface area contributed by atoms with E-state index >= 15 is 0 Å². The van der Waals surface area contributed by atoms with Gasteiger partial charge in [0.2, 0.25) is 0 Å². The van der Waals surface area contributed by atoms with Crippen LogP contribution in [0.2, 0.25) is 0 Å². The van der Waals surface area contributed by atoms with E-state index < -0.39 is 0 Å². The molecule has 19 heavy (non-hydrogen) atoms. The first-order chi connectivity index (χ1) is 8.96. The monoisotopic (exact) mass is 258 g/mol. The van der Waals surface area contributed by atoms with Gasteiger partial charge in [-0.05, 0) is 46.2 Å². The van der Waals surface area contributed by atoms with E-state index in [9.17, 15) is 5.26 Å². The highest BCUT2D eigenvalue weighted by Crippen LogP contribution is 2.41. The van der Waals surface area contributed by atoms with Crippen molar-refractivity contribution >= 4 is 5.69 Å². The number of anilines is 1. The largest absolute Gasteiger partial charge is 0.489 e. The molecule has 1 aromatic carbocycles. The zero-order valence-electron chi connectivity index (χ0n) is 12.2. The highest BCUT2D eigenvalue weighted by Gasteiger charge is 2.42. The molecule has 1 fully saturated rings. The first kappa shape index (κ1) is 13.7. The van der Waals surface area contributed by atoms with Gasteiger partial charge in [0, 0.05) is 6.54 Å². The first-order valence-corrected chi connectivity index (χ1v) is 6.89. The molecule has 3 nitrogen and oxygen atoms in total. The van der Waals surface area contributed by atoms with Gasteiger partial charge in [-0.3, -0.25) is 0 Å². The van der Waals surface area contributed by atoms with E-state index in [1.165, 1.54) is 0 Å². The topological polar surface area (TPSA) is 36.3 Å². The summed E-state index contributed by atoms with van der Waals surface area (Å²) in [7, 11) is 0. The molecule has 1 aromatic rings. The average molecular weight is 258 g/mol. The van der Waals surface area contributed by atoms with Gasteiger partial charge < -0.3 is 9.64 Å². The van der Waals surface area contributed by atoms with Gasteiger partial charge >= 0.3 is 0 Å². The van der Waals surface area contributed by atoms with Crippen LogP contribution in [0.4, 0.5) is 5.69 Å². The maximum atomic E-state index is 9.27. The molecule has 1 atom stereocenters. The van der Waals surface area contributed by atoms with Crippen LogP contribution in [0.5, 0.6) is 5.75 Å². The van der Waals surface area contributed by atoms with Crippen LogP contribution >= 0.6 is 0 Å². The predicted molar refractivity (Wildman–Crippen MR) is 77.4 cm³/mol. The summed E-state index contributed by atoms with van der Waals surface area (Å²) in [6, 6.07) is 10.5. The van der Waals surface area contributed by atoms with Crippen LogP contribution in [-0.4, -0.2) is 18.2 Å². The van der Waals surface area contributed by atoms with Gasteiger partial charge in [0.1, 0.15) is 5.75 Å². The van der Waals surface area contributed by atoms with Crippen molar-refractivity contribution in [1.29, 1.82) is 5.26 Å². The average Bonchev–Trinajstić information content (AvgIpc) is 2.64. The van der Waals surface area contributed by atoms with Gasteiger partial charge in [-0.25, -0.2) is 0 Å². The second-order valence-electron chi connectivity index (χ2n) is 5.91. The smallest absolute Gasteiger partial charge is 0.142 e. The van der Waals surface area contributed by atoms with Gasteiger partial charge in [-0.15, -0.1) is 0 Å². The number of nitrogens with zero attached hydrogens (tertiary/aromatic N) is 2. The molecular weight excluding hydrogens is 236 g/mol. The number of hydrogen-bond donors (Lipinski definition) is 0. The third-order valence-electron chi connectivity index (χ3n) is 3.86. The van der Waals surface area contributed by atoms with E-state index in [1.807, 2.05) is 32.0 Å². The lowest BCUT2D eigenvalue weighted by Crippen LogP contribution is -2.42. The van der Waals surface area contributed by atoms with Crippen LogP contribution in [0.3, 0.4) is 0 Å². The molecular formula is C16H22N2O. The van der Waals surface area contributed by atoms with Gasteiger partial charge in [0.25, 0.3) is 0 Å². The Morgan fingerprint density at radius 2 is 2.05 bits per heavy atom. The van der Waals surface area contributed by atoms with Crippen LogP contribution in [-0.2, 0) is 0 Å². The van der Waals surface area contributed by atoms with E-state index in [0.717, 1.165) is 24.4 Å². The Hall–Kier alpha value is -1.69. The Morgan fingerprint density at radius 3 is 2.63 bits per heavy atom. The number of para-hydroxylation sites is 2. The fourth-order valence-electron chi connectivity index (χ4n) is 2.77. The highest BCUT2D eigenvalue weighted by molar-refractivity contribution is 5.61. The minimum atomic E-state index is -0.148. The number of benzene rings is 1. The standard InChI is InChI=1S/C16H22N2O/c1-12(2)19-15-8-6-5-7-14(15)18-10-9-13(11-17)16(18,3)4/h5-8,12-13H,9-10H2,1-4H3. The predicted octanol–water partition coefficient (Wildman–Crippen LogP) is 3.60. The molecule has 1 aliphatic rings. The summed E-state index contributed by atoms with van der Waals surface area (Å²) < 4.78 is 5.90. The van der Waals surface area contributed by atoms with Gasteiger partial charge in [-0.1, -0.05) is 12.1 Å². The summed E-state index contributed by atoms with van der Waals surface area (Å²) in [6.07, 6.45) is 1.07. The molecule has 0 saturated carbocycles. The van der Waals surface area contributed by atoms with Gasteiger partial charge in [-0.2, -0.15) is 5.26 Å². The van der Waals surface area contributed by atoms with Crippen LogP contribution in [0.15, 0.2) is 24.3 Å². The molecule has 0 spiro atoms. The van der Waals surface area contributed by atoms with E-state index in [2.05, 4.69) is 30.9 Å². The Balaban J connectivity index is 2.35. The summed E-state index contributed by atoms with van der Waals surface area (Å²) in [6.45, 7) is 9.25. The highest BCUT2D eigenvalue weighted by atomic mass is 16.5. The van der Waals surface area contributed by atoms with Gasteiger partial charge in [0.05, 0.1) is 29.3 Å². The molecule has 0 N–H and O–H groups in total. The molecule has 1 saturated heterocycles. The third-order valence-corrected chi connectivity index (χ3v) is 3.86. The molecule has 0 aliphatic carbocycles. The third kappa shape index (κ3) is 2.53. The summed E-state index contributed by atoms with van der Waals surface area (Å²) in [5.74, 6) is 0.976. The molecule has 3 heteroatoms. The summed E-state index contributed by atoms with van der Waals surface area (Å²) >= 11 is 0. The van der Waals surface area contributed by atoms with E-state index in [0.29, 0.717) is 0 Å². The Bertz CT molecular complexity index is 488. The molecule has 1 heterocycles. The zero-order chi connectivity index (χ0) is 14.0. The first-order valence-electron chi connectivity index (χ1n) is 6.89. The lowest BCUT2D eigenvalue weighted by molar-refractivity contribution is 0.242. The van der Waals surface area contributed by atoms with Crippen LogP contribution in [0.1, 0.15) is 34.1 Å². The van der Waals surface area contributed by atoms with E-state index in [1.54, 1.807) is 0 Å². The maximum Gasteiger partial charge on any atom is 0.142 e. The van der Waals surface area contributed by atoms with Gasteiger partial charge in [0.15, 0.2) is 0 Å². The molecule has 2 rings (SSSR count). The number of rotatable bonds is 3. The molecule has 0 amide bonds. The van der Waals surface area contributed by atoms with Crippen molar-refractivity contribution in [2.24, 2.45) is 5.92 Å². The van der Waals surface area contributed by atoms with Crippen molar-refractivity contribution in [3.8, 4) is 11.8 Å². The van der Waals surface area contributed by atoms with E-state index in [4.69, 9.17) is 4.74 Å². The SMILES string of the molecule is CC(C)Oc1ccccc1N1CCC(C#N)C1(C)C. The molecule has 1 unspecified atom stereocenters. The number of nitriles is 1. The van der Waals surface area contributed by atoms with Crippen molar-refractivity contribution in [3.05, 3.63) is 24.3 Å². The Morgan fingerprint density at radius 1 is 1.37 bits per heavy atom. The van der Waals surface area contributed by atoms with Crippen molar-refractivity contribution in [2.45, 2.75) is 45.8 Å². The zero-order valence-corrected chi connectivity index (χ0v) is 12.2. The summed E-state index contributed by atoms with van der Waals surface area (Å²) in [5, 5.41) is 9.27. The lowest BCUT2D eigenvalue weighted by Gasteiger charge is -2.36. The summed E-state index contributed by atoms with van der Waals surface area (Å²) in [5.41, 5.74) is 0.949. The number of ether oxygens (including phenoxy) is 1. The normalized spacial score (nSPS) is 21.5. The Labute approximate surface area is 115 Å². The second kappa shape index (κ2) is 5.13. The minimum Gasteiger partial charge on any atom is -0.489 e. The fourth-order valence-corrected chi connectivity index (χ4v) is 2.77. The maximum absolute atomic E-state index is 9.27. The molecule has 0 bridgehead atoms. The quantitative estimate of drug-likeness (QED) is 0.831. The van der Waals surface area contributed by atoms with Crippen molar-refractivity contribution in [3.63, 3.8) is 0 Å². The van der Waals surface area contributed by atoms with Crippen LogP contribution in [0.25, 0.3) is 0 Å². The minimum absolute atomic E-state index is 0.0691. The molecule has 102 valence electrons. The summed E-state index contributed by atoms with van der Waals surface area (Å²) in [4.78, 5) is 2.30. The molecule has 1 aliphatic heterocycles. The van der Waals surface area contributed by atoms with Crippen LogP contribution in [0, 0.1) is 17.2 Å². The molecule has 0 aromatic heterocycles. The molecule has 0 radical (unpaired) electrons. The second-order valence-corrected chi connectivity index (χ2v) is 5.91.